The van der Waals surface area contributed by atoms with Crippen LogP contribution in [0.1, 0.15) is 24.4 Å². The zero-order valence-electron chi connectivity index (χ0n) is 12.6. The van der Waals surface area contributed by atoms with Gasteiger partial charge in [-0.15, -0.1) is 0 Å². The fraction of sp³-hybridized carbons (Fsp3) is 0.625. The molecule has 1 aliphatic rings. The molecule has 3 nitrogen and oxygen atoms in total. The molecule has 1 saturated heterocycles. The van der Waals surface area contributed by atoms with E-state index >= 15 is 0 Å². The number of likely N-dealkylation sites (tertiary alicyclic amines) is 1. The Labute approximate surface area is 121 Å². The van der Waals surface area contributed by atoms with Crippen molar-refractivity contribution in [3.8, 4) is 0 Å². The van der Waals surface area contributed by atoms with Crippen molar-refractivity contribution in [1.82, 2.24) is 9.80 Å². The second-order valence-corrected chi connectivity index (χ2v) is 6.10. The van der Waals surface area contributed by atoms with Gasteiger partial charge in [-0.3, -0.25) is 0 Å². The Kier molecular flexibility index (Phi) is 5.52. The molecule has 0 spiro atoms. The molecule has 20 heavy (non-hydrogen) atoms. The molecule has 112 valence electrons. The standard InChI is InChI=1S/C16H26FN3/c1-19-9-7-13(11-19)12-20(2)10-8-16(18)14-5-3-4-6-15(14)17/h3-6,13,16H,7-12,18H2,1-2H3. The van der Waals surface area contributed by atoms with Gasteiger partial charge >= 0.3 is 0 Å². The van der Waals surface area contributed by atoms with Crippen LogP contribution in [0.2, 0.25) is 0 Å². The Morgan fingerprint density at radius 2 is 2.20 bits per heavy atom. The first-order valence-electron chi connectivity index (χ1n) is 7.43. The summed E-state index contributed by atoms with van der Waals surface area (Å²) < 4.78 is 13.6. The van der Waals surface area contributed by atoms with Crippen molar-refractivity contribution in [2.45, 2.75) is 18.9 Å². The Morgan fingerprint density at radius 3 is 2.85 bits per heavy atom. The Morgan fingerprint density at radius 1 is 1.45 bits per heavy atom. The molecule has 1 fully saturated rings. The summed E-state index contributed by atoms with van der Waals surface area (Å²) in [5.74, 6) is 0.565. The highest BCUT2D eigenvalue weighted by atomic mass is 19.1. The van der Waals surface area contributed by atoms with Gasteiger partial charge in [-0.2, -0.15) is 0 Å². The van der Waals surface area contributed by atoms with E-state index in [1.54, 1.807) is 12.1 Å². The summed E-state index contributed by atoms with van der Waals surface area (Å²) in [6.45, 7) is 4.40. The number of benzene rings is 1. The van der Waals surface area contributed by atoms with Gasteiger partial charge in [0.2, 0.25) is 0 Å². The zero-order chi connectivity index (χ0) is 14.5. The van der Waals surface area contributed by atoms with Gasteiger partial charge in [0.15, 0.2) is 0 Å². The van der Waals surface area contributed by atoms with Crippen LogP contribution in [-0.4, -0.2) is 50.1 Å². The number of nitrogens with two attached hydrogens (primary N) is 1. The average Bonchev–Trinajstić information content (AvgIpc) is 2.82. The van der Waals surface area contributed by atoms with Crippen molar-refractivity contribution < 1.29 is 4.39 Å². The molecule has 4 heteroatoms. The van der Waals surface area contributed by atoms with Crippen LogP contribution in [0.15, 0.2) is 24.3 Å². The summed E-state index contributed by atoms with van der Waals surface area (Å²) in [5, 5.41) is 0. The van der Waals surface area contributed by atoms with Gasteiger partial charge in [-0.1, -0.05) is 18.2 Å². The molecule has 1 aliphatic heterocycles. The van der Waals surface area contributed by atoms with Gasteiger partial charge in [-0.25, -0.2) is 4.39 Å². The molecule has 0 radical (unpaired) electrons. The van der Waals surface area contributed by atoms with Gasteiger partial charge in [0, 0.05) is 24.7 Å². The molecule has 1 aromatic rings. The summed E-state index contributed by atoms with van der Waals surface area (Å²) in [7, 11) is 4.31. The molecular weight excluding hydrogens is 253 g/mol. The Hall–Kier alpha value is -0.970. The normalized spacial score (nSPS) is 21.6. The fourth-order valence-electron chi connectivity index (χ4n) is 3.00. The molecule has 2 atom stereocenters. The lowest BCUT2D eigenvalue weighted by Gasteiger charge is -2.22. The van der Waals surface area contributed by atoms with Crippen LogP contribution in [0.25, 0.3) is 0 Å². The van der Waals surface area contributed by atoms with Crippen molar-refractivity contribution in [2.24, 2.45) is 11.7 Å². The lowest BCUT2D eigenvalue weighted by atomic mass is 10.0. The van der Waals surface area contributed by atoms with Gasteiger partial charge in [0.25, 0.3) is 0 Å². The lowest BCUT2D eigenvalue weighted by molar-refractivity contribution is 0.264. The predicted molar refractivity (Wildman–Crippen MR) is 81.0 cm³/mol. The number of hydrogen-bond donors (Lipinski definition) is 1. The minimum atomic E-state index is -0.218. The van der Waals surface area contributed by atoms with Gasteiger partial charge in [0.05, 0.1) is 0 Å². The molecular formula is C16H26FN3. The van der Waals surface area contributed by atoms with Crippen molar-refractivity contribution in [2.75, 3.05) is 40.3 Å². The molecule has 2 unspecified atom stereocenters. The highest BCUT2D eigenvalue weighted by Gasteiger charge is 2.21. The minimum Gasteiger partial charge on any atom is -0.324 e. The Balaban J connectivity index is 1.75. The van der Waals surface area contributed by atoms with Crippen LogP contribution < -0.4 is 5.73 Å². The van der Waals surface area contributed by atoms with E-state index in [4.69, 9.17) is 5.73 Å². The fourth-order valence-corrected chi connectivity index (χ4v) is 3.00. The third kappa shape index (κ3) is 4.27. The van der Waals surface area contributed by atoms with Crippen molar-refractivity contribution in [3.05, 3.63) is 35.6 Å². The summed E-state index contributed by atoms with van der Waals surface area (Å²) in [5.41, 5.74) is 6.73. The van der Waals surface area contributed by atoms with E-state index in [1.165, 1.54) is 25.6 Å². The van der Waals surface area contributed by atoms with Gasteiger partial charge in [-0.05, 0) is 52.0 Å². The number of hydrogen-bond acceptors (Lipinski definition) is 3. The van der Waals surface area contributed by atoms with Crippen molar-refractivity contribution >= 4 is 0 Å². The van der Waals surface area contributed by atoms with Crippen LogP contribution in [-0.2, 0) is 0 Å². The Bertz CT molecular complexity index is 424. The lowest BCUT2D eigenvalue weighted by Crippen LogP contribution is -2.30. The second kappa shape index (κ2) is 7.16. The number of rotatable bonds is 6. The maximum atomic E-state index is 13.6. The molecule has 0 saturated carbocycles. The monoisotopic (exact) mass is 279 g/mol. The van der Waals surface area contributed by atoms with Gasteiger partial charge < -0.3 is 15.5 Å². The van der Waals surface area contributed by atoms with E-state index in [2.05, 4.69) is 23.9 Å². The molecule has 0 aliphatic carbocycles. The quantitative estimate of drug-likeness (QED) is 0.865. The van der Waals surface area contributed by atoms with Crippen molar-refractivity contribution in [3.63, 3.8) is 0 Å². The van der Waals surface area contributed by atoms with Crippen LogP contribution in [0.3, 0.4) is 0 Å². The first-order chi connectivity index (χ1) is 9.56. The highest BCUT2D eigenvalue weighted by Crippen LogP contribution is 2.19. The molecule has 2 rings (SSSR count). The van der Waals surface area contributed by atoms with E-state index in [0.717, 1.165) is 25.4 Å². The molecule has 1 aromatic carbocycles. The summed E-state index contributed by atoms with van der Waals surface area (Å²) in [6, 6.07) is 6.59. The first-order valence-corrected chi connectivity index (χ1v) is 7.43. The van der Waals surface area contributed by atoms with Crippen molar-refractivity contribution in [1.29, 1.82) is 0 Å². The topological polar surface area (TPSA) is 32.5 Å². The SMILES string of the molecule is CN1CCC(CN(C)CCC(N)c2ccccc2F)C1. The molecule has 0 amide bonds. The van der Waals surface area contributed by atoms with Crippen LogP contribution in [0, 0.1) is 11.7 Å². The largest absolute Gasteiger partial charge is 0.324 e. The zero-order valence-corrected chi connectivity index (χ0v) is 12.6. The summed E-state index contributed by atoms with van der Waals surface area (Å²) in [6.07, 6.45) is 2.07. The molecule has 0 bridgehead atoms. The minimum absolute atomic E-state index is 0.194. The van der Waals surface area contributed by atoms with E-state index in [9.17, 15) is 4.39 Å². The number of halogens is 1. The third-order valence-electron chi connectivity index (χ3n) is 4.19. The van der Waals surface area contributed by atoms with E-state index < -0.39 is 0 Å². The highest BCUT2D eigenvalue weighted by molar-refractivity contribution is 5.20. The van der Waals surface area contributed by atoms with Crippen LogP contribution in [0.4, 0.5) is 4.39 Å². The van der Waals surface area contributed by atoms with Crippen LogP contribution in [0.5, 0.6) is 0 Å². The van der Waals surface area contributed by atoms with E-state index in [1.807, 2.05) is 6.07 Å². The van der Waals surface area contributed by atoms with Gasteiger partial charge in [0.1, 0.15) is 5.82 Å². The molecule has 0 aromatic heterocycles. The summed E-state index contributed by atoms with van der Waals surface area (Å²) in [4.78, 5) is 4.70. The number of nitrogens with zero attached hydrogens (tertiary/aromatic N) is 2. The third-order valence-corrected chi connectivity index (χ3v) is 4.19. The predicted octanol–water partition coefficient (Wildman–Crippen LogP) is 2.10. The maximum absolute atomic E-state index is 13.6. The maximum Gasteiger partial charge on any atom is 0.127 e. The van der Waals surface area contributed by atoms with E-state index in [0.29, 0.717) is 5.56 Å². The molecule has 2 N–H and O–H groups in total. The molecule has 1 heterocycles. The van der Waals surface area contributed by atoms with Crippen LogP contribution >= 0.6 is 0 Å². The average molecular weight is 279 g/mol. The second-order valence-electron chi connectivity index (χ2n) is 6.10. The van der Waals surface area contributed by atoms with E-state index in [-0.39, 0.29) is 11.9 Å². The first kappa shape index (κ1) is 15.4. The smallest absolute Gasteiger partial charge is 0.127 e. The summed E-state index contributed by atoms with van der Waals surface area (Å²) >= 11 is 0.